The number of carbonyl (C=O) groups is 1. The van der Waals surface area contributed by atoms with Gasteiger partial charge in [0.15, 0.2) is 5.96 Å². The summed E-state index contributed by atoms with van der Waals surface area (Å²) in [6, 6.07) is 10.1. The Kier molecular flexibility index (Phi) is 6.89. The van der Waals surface area contributed by atoms with Gasteiger partial charge in [-0.1, -0.05) is 51.1 Å². The lowest BCUT2D eigenvalue weighted by Gasteiger charge is -2.20. The minimum absolute atomic E-state index is 0.0573. The molecule has 5 heteroatoms. The number of hydrogen-bond donors (Lipinski definition) is 2. The van der Waals surface area contributed by atoms with Crippen LogP contribution in [0.3, 0.4) is 0 Å². The van der Waals surface area contributed by atoms with Gasteiger partial charge in [0.1, 0.15) is 0 Å². The number of benzene rings is 1. The zero-order valence-corrected chi connectivity index (χ0v) is 14.3. The molecule has 0 bridgehead atoms. The zero-order valence-electron chi connectivity index (χ0n) is 14.3. The SMILES string of the molecule is CN(C)C(=NCc1ccccc1)NCCNC(=O)C(C)(C)C. The maximum absolute atomic E-state index is 11.8. The van der Waals surface area contributed by atoms with Crippen LogP contribution in [0.15, 0.2) is 35.3 Å². The molecule has 0 aliphatic heterocycles. The predicted molar refractivity (Wildman–Crippen MR) is 91.7 cm³/mol. The van der Waals surface area contributed by atoms with Gasteiger partial charge < -0.3 is 15.5 Å². The maximum Gasteiger partial charge on any atom is 0.225 e. The molecule has 0 atom stereocenters. The fourth-order valence-electron chi connectivity index (χ4n) is 1.72. The van der Waals surface area contributed by atoms with Crippen molar-refractivity contribution in [3.05, 3.63) is 35.9 Å². The van der Waals surface area contributed by atoms with Gasteiger partial charge in [-0.05, 0) is 5.56 Å². The third-order valence-corrected chi connectivity index (χ3v) is 3.05. The first-order chi connectivity index (χ1) is 10.3. The molecular formula is C17H28N4O. The second-order valence-electron chi connectivity index (χ2n) is 6.45. The number of amides is 1. The molecule has 0 fully saturated rings. The Morgan fingerprint density at radius 1 is 1.09 bits per heavy atom. The quantitative estimate of drug-likeness (QED) is 0.496. The van der Waals surface area contributed by atoms with E-state index in [9.17, 15) is 4.79 Å². The molecule has 2 N–H and O–H groups in total. The number of rotatable bonds is 5. The minimum atomic E-state index is -0.355. The highest BCUT2D eigenvalue weighted by Crippen LogP contribution is 2.11. The summed E-state index contributed by atoms with van der Waals surface area (Å²) in [4.78, 5) is 18.3. The van der Waals surface area contributed by atoms with Crippen molar-refractivity contribution in [3.8, 4) is 0 Å². The molecule has 0 spiro atoms. The fraction of sp³-hybridized carbons (Fsp3) is 0.529. The van der Waals surface area contributed by atoms with Crippen LogP contribution in [0.4, 0.5) is 0 Å². The van der Waals surface area contributed by atoms with E-state index >= 15 is 0 Å². The van der Waals surface area contributed by atoms with Gasteiger partial charge in [0.25, 0.3) is 0 Å². The summed E-state index contributed by atoms with van der Waals surface area (Å²) in [6.07, 6.45) is 0. The topological polar surface area (TPSA) is 56.7 Å². The van der Waals surface area contributed by atoms with Crippen LogP contribution in [0.5, 0.6) is 0 Å². The molecule has 1 amide bonds. The van der Waals surface area contributed by atoms with Crippen molar-refractivity contribution < 1.29 is 4.79 Å². The summed E-state index contributed by atoms with van der Waals surface area (Å²) in [5.41, 5.74) is 0.816. The largest absolute Gasteiger partial charge is 0.354 e. The van der Waals surface area contributed by atoms with Gasteiger partial charge in [-0.2, -0.15) is 0 Å². The van der Waals surface area contributed by atoms with E-state index in [1.165, 1.54) is 5.56 Å². The molecule has 0 aliphatic rings. The first-order valence-corrected chi connectivity index (χ1v) is 7.58. The smallest absolute Gasteiger partial charge is 0.225 e. The van der Waals surface area contributed by atoms with Crippen molar-refractivity contribution in [1.82, 2.24) is 15.5 Å². The Balaban J connectivity index is 2.43. The summed E-state index contributed by atoms with van der Waals surface area (Å²) in [5, 5.41) is 6.17. The van der Waals surface area contributed by atoms with Gasteiger partial charge in [-0.25, -0.2) is 4.99 Å². The summed E-state index contributed by atoms with van der Waals surface area (Å²) in [5.74, 6) is 0.871. The van der Waals surface area contributed by atoms with Crippen LogP contribution >= 0.6 is 0 Å². The van der Waals surface area contributed by atoms with Crippen molar-refractivity contribution >= 4 is 11.9 Å². The standard InChI is InChI=1S/C17H28N4O/c1-17(2,3)15(22)18-11-12-19-16(21(4)5)20-13-14-9-7-6-8-10-14/h6-10H,11-13H2,1-5H3,(H,18,22)(H,19,20). The van der Waals surface area contributed by atoms with Crippen molar-refractivity contribution in [1.29, 1.82) is 0 Å². The van der Waals surface area contributed by atoms with Crippen molar-refractivity contribution in [2.24, 2.45) is 10.4 Å². The number of nitrogens with zero attached hydrogens (tertiary/aromatic N) is 2. The van der Waals surface area contributed by atoms with Crippen LogP contribution in [0.1, 0.15) is 26.3 Å². The molecule has 1 aromatic rings. The highest BCUT2D eigenvalue weighted by molar-refractivity contribution is 5.81. The van der Waals surface area contributed by atoms with Gasteiger partial charge in [-0.3, -0.25) is 4.79 Å². The van der Waals surface area contributed by atoms with Gasteiger partial charge in [0.05, 0.1) is 6.54 Å². The molecule has 5 nitrogen and oxygen atoms in total. The third kappa shape index (κ3) is 6.61. The van der Waals surface area contributed by atoms with Crippen LogP contribution in [0.25, 0.3) is 0 Å². The first kappa shape index (κ1) is 18.0. The molecule has 0 saturated heterocycles. The monoisotopic (exact) mass is 304 g/mol. The summed E-state index contributed by atoms with van der Waals surface area (Å²) in [7, 11) is 3.90. The summed E-state index contributed by atoms with van der Waals surface area (Å²) < 4.78 is 0. The Morgan fingerprint density at radius 2 is 1.68 bits per heavy atom. The molecule has 0 aromatic heterocycles. The van der Waals surface area contributed by atoms with Gasteiger partial charge in [-0.15, -0.1) is 0 Å². The second kappa shape index (κ2) is 8.41. The van der Waals surface area contributed by atoms with Crippen LogP contribution in [0, 0.1) is 5.41 Å². The molecule has 1 aromatic carbocycles. The van der Waals surface area contributed by atoms with Gasteiger partial charge in [0, 0.05) is 32.6 Å². The second-order valence-corrected chi connectivity index (χ2v) is 6.45. The van der Waals surface area contributed by atoms with Crippen LogP contribution in [0.2, 0.25) is 0 Å². The molecule has 22 heavy (non-hydrogen) atoms. The predicted octanol–water partition coefficient (Wildman–Crippen LogP) is 1.86. The van der Waals surface area contributed by atoms with Gasteiger partial charge >= 0.3 is 0 Å². The van der Waals surface area contributed by atoms with E-state index < -0.39 is 0 Å². The van der Waals surface area contributed by atoms with E-state index in [1.54, 1.807) is 0 Å². The maximum atomic E-state index is 11.8. The van der Waals surface area contributed by atoms with E-state index in [-0.39, 0.29) is 11.3 Å². The number of hydrogen-bond acceptors (Lipinski definition) is 2. The lowest BCUT2D eigenvalue weighted by atomic mass is 9.96. The molecule has 0 unspecified atom stereocenters. The molecule has 1 rings (SSSR count). The lowest BCUT2D eigenvalue weighted by molar-refractivity contribution is -0.128. The van der Waals surface area contributed by atoms with Crippen molar-refractivity contribution in [3.63, 3.8) is 0 Å². The van der Waals surface area contributed by atoms with Crippen LogP contribution in [-0.2, 0) is 11.3 Å². The lowest BCUT2D eigenvalue weighted by Crippen LogP contribution is -2.43. The Hall–Kier alpha value is -2.04. The summed E-state index contributed by atoms with van der Waals surface area (Å²) >= 11 is 0. The van der Waals surface area contributed by atoms with Crippen molar-refractivity contribution in [2.45, 2.75) is 27.3 Å². The van der Waals surface area contributed by atoms with E-state index in [0.29, 0.717) is 19.6 Å². The number of guanidine groups is 1. The zero-order chi connectivity index (χ0) is 16.6. The highest BCUT2D eigenvalue weighted by Gasteiger charge is 2.20. The molecule has 0 heterocycles. The van der Waals surface area contributed by atoms with Crippen LogP contribution in [-0.4, -0.2) is 44.0 Å². The van der Waals surface area contributed by atoms with E-state index in [4.69, 9.17) is 0 Å². The molecule has 0 saturated carbocycles. The van der Waals surface area contributed by atoms with Crippen molar-refractivity contribution in [2.75, 3.05) is 27.2 Å². The number of nitrogens with one attached hydrogen (secondary N) is 2. The Morgan fingerprint density at radius 3 is 2.23 bits per heavy atom. The van der Waals surface area contributed by atoms with Crippen LogP contribution < -0.4 is 10.6 Å². The molecular weight excluding hydrogens is 276 g/mol. The number of aliphatic imine (C=N–C) groups is 1. The number of carbonyl (C=O) groups excluding carboxylic acids is 1. The molecule has 122 valence electrons. The highest BCUT2D eigenvalue weighted by atomic mass is 16.2. The third-order valence-electron chi connectivity index (χ3n) is 3.05. The molecule has 0 radical (unpaired) electrons. The minimum Gasteiger partial charge on any atom is -0.354 e. The fourth-order valence-corrected chi connectivity index (χ4v) is 1.72. The van der Waals surface area contributed by atoms with E-state index in [2.05, 4.69) is 27.8 Å². The Labute approximate surface area is 133 Å². The molecule has 0 aliphatic carbocycles. The normalized spacial score (nSPS) is 12.0. The Bertz CT molecular complexity index is 489. The van der Waals surface area contributed by atoms with E-state index in [1.807, 2.05) is 58.0 Å². The van der Waals surface area contributed by atoms with Gasteiger partial charge in [0.2, 0.25) is 5.91 Å². The summed E-state index contributed by atoms with van der Waals surface area (Å²) in [6.45, 7) is 7.57. The van der Waals surface area contributed by atoms with E-state index in [0.717, 1.165) is 5.96 Å². The average molecular weight is 304 g/mol. The average Bonchev–Trinajstić information content (AvgIpc) is 2.45. The first-order valence-electron chi connectivity index (χ1n) is 7.58.